The molecular formula is C17H27NOS. The van der Waals surface area contributed by atoms with Gasteiger partial charge in [-0.25, -0.2) is 0 Å². The van der Waals surface area contributed by atoms with Crippen LogP contribution in [0.5, 0.6) is 0 Å². The highest BCUT2D eigenvalue weighted by Gasteiger charge is 2.41. The first-order chi connectivity index (χ1) is 9.70. The smallest absolute Gasteiger partial charge is 0.0616 e. The Kier molecular flexibility index (Phi) is 5.94. The monoisotopic (exact) mass is 293 g/mol. The van der Waals surface area contributed by atoms with Gasteiger partial charge in [0.05, 0.1) is 6.61 Å². The molecular weight excluding hydrogens is 266 g/mol. The summed E-state index contributed by atoms with van der Waals surface area (Å²) in [5, 5.41) is 13.4. The molecule has 0 spiro atoms. The first kappa shape index (κ1) is 15.9. The third-order valence-electron chi connectivity index (χ3n) is 4.49. The molecule has 0 heterocycles. The summed E-state index contributed by atoms with van der Waals surface area (Å²) in [7, 11) is 0. The van der Waals surface area contributed by atoms with E-state index in [-0.39, 0.29) is 12.1 Å². The first-order valence-electron chi connectivity index (χ1n) is 7.75. The van der Waals surface area contributed by atoms with Crippen LogP contribution in [0.2, 0.25) is 0 Å². The lowest BCUT2D eigenvalue weighted by Crippen LogP contribution is -2.51. The first-order valence-corrected chi connectivity index (χ1v) is 8.74. The van der Waals surface area contributed by atoms with Crippen molar-refractivity contribution in [2.24, 2.45) is 5.92 Å². The molecule has 2 rings (SSSR count). The van der Waals surface area contributed by atoms with Crippen LogP contribution in [0.4, 0.5) is 0 Å². The molecule has 2 nitrogen and oxygen atoms in total. The van der Waals surface area contributed by atoms with Crippen molar-refractivity contribution >= 4 is 11.8 Å². The van der Waals surface area contributed by atoms with Crippen LogP contribution in [-0.4, -0.2) is 29.5 Å². The summed E-state index contributed by atoms with van der Waals surface area (Å²) >= 11 is 1.94. The molecule has 1 fully saturated rings. The van der Waals surface area contributed by atoms with Crippen molar-refractivity contribution in [3.8, 4) is 0 Å². The van der Waals surface area contributed by atoms with Crippen LogP contribution < -0.4 is 5.32 Å². The predicted molar refractivity (Wildman–Crippen MR) is 87.4 cm³/mol. The Balaban J connectivity index is 1.86. The second-order valence-electron chi connectivity index (χ2n) is 5.89. The number of rotatable bonds is 7. The van der Waals surface area contributed by atoms with E-state index in [2.05, 4.69) is 43.4 Å². The van der Waals surface area contributed by atoms with E-state index in [9.17, 15) is 5.11 Å². The van der Waals surface area contributed by atoms with E-state index in [1.807, 2.05) is 11.8 Å². The lowest BCUT2D eigenvalue weighted by molar-refractivity contribution is 0.124. The molecule has 1 aliphatic rings. The Bertz CT molecular complexity index is 423. The number of aliphatic hydroxyl groups is 1. The van der Waals surface area contributed by atoms with E-state index in [1.54, 1.807) is 0 Å². The quantitative estimate of drug-likeness (QED) is 0.753. The van der Waals surface area contributed by atoms with Gasteiger partial charge in [0.15, 0.2) is 0 Å². The zero-order chi connectivity index (χ0) is 14.4. The fourth-order valence-corrected chi connectivity index (χ4v) is 4.52. The Labute approximate surface area is 127 Å². The minimum Gasteiger partial charge on any atom is -0.394 e. The molecule has 20 heavy (non-hydrogen) atoms. The second kappa shape index (κ2) is 7.48. The molecule has 0 amide bonds. The number of likely N-dealkylation sites (N-methyl/N-ethyl adjacent to an activating group) is 1. The molecule has 1 saturated carbocycles. The molecule has 0 radical (unpaired) electrons. The van der Waals surface area contributed by atoms with Crippen LogP contribution in [0, 0.1) is 12.8 Å². The Morgan fingerprint density at radius 3 is 3.00 bits per heavy atom. The number of hydrogen-bond donors (Lipinski definition) is 2. The van der Waals surface area contributed by atoms with Crippen LogP contribution in [0.15, 0.2) is 29.2 Å². The van der Waals surface area contributed by atoms with Crippen LogP contribution in [0.25, 0.3) is 0 Å². The highest BCUT2D eigenvalue weighted by atomic mass is 32.2. The summed E-state index contributed by atoms with van der Waals surface area (Å²) in [5.41, 5.74) is 1.32. The maximum absolute atomic E-state index is 9.80. The van der Waals surface area contributed by atoms with Gasteiger partial charge in [-0.3, -0.25) is 0 Å². The third kappa shape index (κ3) is 3.78. The van der Waals surface area contributed by atoms with Crippen LogP contribution in [0.1, 0.15) is 38.2 Å². The standard InChI is InChI=1S/C17H27NOS/c1-3-18-17(13-19)10-5-7-15(17)9-11-20-16-8-4-6-14(2)12-16/h4,6,8,12,15,18-19H,3,5,7,9-11,13H2,1-2H3. The summed E-state index contributed by atoms with van der Waals surface area (Å²) in [6.07, 6.45) is 4.80. The Hall–Kier alpha value is -0.510. The topological polar surface area (TPSA) is 32.3 Å². The summed E-state index contributed by atoms with van der Waals surface area (Å²) in [5.74, 6) is 1.76. The number of aryl methyl sites for hydroxylation is 1. The average Bonchev–Trinajstić information content (AvgIpc) is 2.83. The molecule has 3 heteroatoms. The van der Waals surface area contributed by atoms with Crippen LogP contribution in [-0.2, 0) is 0 Å². The molecule has 0 aliphatic heterocycles. The van der Waals surface area contributed by atoms with E-state index in [1.165, 1.54) is 29.7 Å². The van der Waals surface area contributed by atoms with Crippen molar-refractivity contribution in [3.63, 3.8) is 0 Å². The van der Waals surface area contributed by atoms with Gasteiger partial charge >= 0.3 is 0 Å². The fraction of sp³-hybridized carbons (Fsp3) is 0.647. The molecule has 2 unspecified atom stereocenters. The maximum Gasteiger partial charge on any atom is 0.0616 e. The van der Waals surface area contributed by atoms with Crippen molar-refractivity contribution in [2.45, 2.75) is 50.0 Å². The third-order valence-corrected chi connectivity index (χ3v) is 5.52. The minimum atomic E-state index is -0.0120. The van der Waals surface area contributed by atoms with Gasteiger partial charge in [-0.2, -0.15) is 0 Å². The molecule has 0 saturated heterocycles. The number of nitrogens with one attached hydrogen (secondary N) is 1. The highest BCUT2D eigenvalue weighted by molar-refractivity contribution is 7.99. The lowest BCUT2D eigenvalue weighted by atomic mass is 9.86. The van der Waals surface area contributed by atoms with E-state index in [0.29, 0.717) is 5.92 Å². The molecule has 0 bridgehead atoms. The SMILES string of the molecule is CCNC1(CO)CCCC1CCSc1cccc(C)c1. The number of thioether (sulfide) groups is 1. The zero-order valence-electron chi connectivity index (χ0n) is 12.7. The number of benzene rings is 1. The van der Waals surface area contributed by atoms with Gasteiger partial charge in [0, 0.05) is 10.4 Å². The van der Waals surface area contributed by atoms with E-state index < -0.39 is 0 Å². The molecule has 1 aliphatic carbocycles. The van der Waals surface area contributed by atoms with Crippen LogP contribution in [0.3, 0.4) is 0 Å². The molecule has 112 valence electrons. The van der Waals surface area contributed by atoms with Gasteiger partial charge in [-0.05, 0) is 56.5 Å². The van der Waals surface area contributed by atoms with Gasteiger partial charge in [0.25, 0.3) is 0 Å². The normalized spacial score (nSPS) is 26.1. The summed E-state index contributed by atoms with van der Waals surface area (Å²) in [6, 6.07) is 8.71. The lowest BCUT2D eigenvalue weighted by Gasteiger charge is -2.35. The molecule has 2 atom stereocenters. The van der Waals surface area contributed by atoms with E-state index in [4.69, 9.17) is 0 Å². The van der Waals surface area contributed by atoms with Crippen LogP contribution >= 0.6 is 11.8 Å². The van der Waals surface area contributed by atoms with Gasteiger partial charge in [0.2, 0.25) is 0 Å². The number of hydrogen-bond acceptors (Lipinski definition) is 3. The molecule has 1 aromatic rings. The predicted octanol–water partition coefficient (Wildman–Crippen LogP) is 3.62. The van der Waals surface area contributed by atoms with Gasteiger partial charge in [-0.1, -0.05) is 31.0 Å². The Morgan fingerprint density at radius 1 is 1.45 bits per heavy atom. The summed E-state index contributed by atoms with van der Waals surface area (Å²) in [4.78, 5) is 1.36. The largest absolute Gasteiger partial charge is 0.394 e. The Morgan fingerprint density at radius 2 is 2.30 bits per heavy atom. The molecule has 1 aromatic carbocycles. The minimum absolute atomic E-state index is 0.0120. The molecule has 2 N–H and O–H groups in total. The van der Waals surface area contributed by atoms with E-state index in [0.717, 1.165) is 18.7 Å². The number of aliphatic hydroxyl groups excluding tert-OH is 1. The maximum atomic E-state index is 9.80. The van der Waals surface area contributed by atoms with E-state index >= 15 is 0 Å². The van der Waals surface area contributed by atoms with Gasteiger partial charge < -0.3 is 10.4 Å². The highest BCUT2D eigenvalue weighted by Crippen LogP contribution is 2.38. The van der Waals surface area contributed by atoms with Gasteiger partial charge in [-0.15, -0.1) is 11.8 Å². The van der Waals surface area contributed by atoms with Gasteiger partial charge in [0.1, 0.15) is 0 Å². The second-order valence-corrected chi connectivity index (χ2v) is 7.06. The van der Waals surface area contributed by atoms with Crippen molar-refractivity contribution in [3.05, 3.63) is 29.8 Å². The molecule has 0 aromatic heterocycles. The van der Waals surface area contributed by atoms with Crippen molar-refractivity contribution in [1.29, 1.82) is 0 Å². The zero-order valence-corrected chi connectivity index (χ0v) is 13.5. The summed E-state index contributed by atoms with van der Waals surface area (Å²) in [6.45, 7) is 5.50. The fourth-order valence-electron chi connectivity index (χ4n) is 3.44. The average molecular weight is 293 g/mol. The van der Waals surface area contributed by atoms with Crippen molar-refractivity contribution in [2.75, 3.05) is 18.9 Å². The summed E-state index contributed by atoms with van der Waals surface area (Å²) < 4.78 is 0. The van der Waals surface area contributed by atoms with Crippen molar-refractivity contribution < 1.29 is 5.11 Å². The van der Waals surface area contributed by atoms with Crippen molar-refractivity contribution in [1.82, 2.24) is 5.32 Å².